The van der Waals surface area contributed by atoms with Crippen LogP contribution in [-0.4, -0.2) is 37.7 Å². The van der Waals surface area contributed by atoms with Gasteiger partial charge in [0, 0.05) is 0 Å². The number of hydrogen-bond acceptors (Lipinski definition) is 5. The summed E-state index contributed by atoms with van der Waals surface area (Å²) in [6, 6.07) is 3.55. The van der Waals surface area contributed by atoms with Crippen LogP contribution in [0.3, 0.4) is 0 Å². The Morgan fingerprint density at radius 2 is 2.20 bits per heavy atom. The molecule has 0 saturated heterocycles. The van der Waals surface area contributed by atoms with Crippen molar-refractivity contribution in [3.8, 4) is 5.82 Å². The van der Waals surface area contributed by atoms with E-state index in [-0.39, 0.29) is 5.91 Å². The minimum atomic E-state index is -0.626. The third-order valence-electron chi connectivity index (χ3n) is 2.85. The number of nitrogens with zero attached hydrogens (tertiary/aromatic N) is 4. The molecule has 2 aromatic rings. The highest BCUT2D eigenvalue weighted by atomic mass is 16.2. The molecule has 2 aromatic heterocycles. The minimum Gasteiger partial charge on any atom is -0.323 e. The van der Waals surface area contributed by atoms with Gasteiger partial charge in [0.15, 0.2) is 5.82 Å². The van der Waals surface area contributed by atoms with Crippen LogP contribution in [-0.2, 0) is 4.79 Å². The molecular formula is C13H18N6O. The summed E-state index contributed by atoms with van der Waals surface area (Å²) in [6.45, 7) is 6.36. The number of carbonyl (C=O) groups excluding carboxylic acids is 1. The van der Waals surface area contributed by atoms with Gasteiger partial charge in [0.2, 0.25) is 5.91 Å². The van der Waals surface area contributed by atoms with E-state index < -0.39 is 5.54 Å². The number of amides is 1. The van der Waals surface area contributed by atoms with Crippen LogP contribution in [0.1, 0.15) is 20.8 Å². The highest BCUT2D eigenvalue weighted by molar-refractivity contribution is 5.97. The van der Waals surface area contributed by atoms with Crippen LogP contribution >= 0.6 is 0 Å². The van der Waals surface area contributed by atoms with Crippen molar-refractivity contribution in [2.24, 2.45) is 0 Å². The predicted molar refractivity (Wildman–Crippen MR) is 75.5 cm³/mol. The van der Waals surface area contributed by atoms with Crippen LogP contribution in [0.15, 0.2) is 31.0 Å². The van der Waals surface area contributed by atoms with Crippen molar-refractivity contribution >= 4 is 11.6 Å². The molecule has 0 aromatic carbocycles. The average molecular weight is 274 g/mol. The van der Waals surface area contributed by atoms with E-state index in [4.69, 9.17) is 0 Å². The summed E-state index contributed by atoms with van der Waals surface area (Å²) in [7, 11) is 0. The van der Waals surface area contributed by atoms with Gasteiger partial charge in [0.1, 0.15) is 12.7 Å². The van der Waals surface area contributed by atoms with Crippen LogP contribution in [0.2, 0.25) is 0 Å². The Labute approximate surface area is 117 Å². The molecule has 0 spiro atoms. The van der Waals surface area contributed by atoms with Gasteiger partial charge in [-0.1, -0.05) is 6.92 Å². The van der Waals surface area contributed by atoms with Crippen LogP contribution < -0.4 is 10.6 Å². The Kier molecular flexibility index (Phi) is 4.09. The maximum Gasteiger partial charge on any atom is 0.244 e. The molecule has 0 bridgehead atoms. The minimum absolute atomic E-state index is 0.102. The third kappa shape index (κ3) is 3.18. The molecule has 0 radical (unpaired) electrons. The summed E-state index contributed by atoms with van der Waals surface area (Å²) in [6.07, 6.45) is 4.60. The molecular weight excluding hydrogens is 256 g/mol. The van der Waals surface area contributed by atoms with Crippen LogP contribution in [0.4, 0.5) is 5.69 Å². The average Bonchev–Trinajstić information content (AvgIpc) is 2.93. The number of aromatic nitrogens is 4. The molecule has 2 heterocycles. The topological polar surface area (TPSA) is 84.7 Å². The first-order chi connectivity index (χ1) is 9.53. The summed E-state index contributed by atoms with van der Waals surface area (Å²) in [4.78, 5) is 20.2. The summed E-state index contributed by atoms with van der Waals surface area (Å²) >= 11 is 0. The fourth-order valence-corrected chi connectivity index (χ4v) is 1.73. The van der Waals surface area contributed by atoms with E-state index >= 15 is 0 Å². The number of likely N-dealkylation sites (N-methyl/N-ethyl adjacent to an activating group) is 1. The standard InChI is InChI=1S/C13H18N6O/c1-4-16-13(2,3)12(20)18-10-5-6-11(15-7-10)19-9-14-8-17-19/h5-9,16H,4H2,1-3H3,(H,18,20). The zero-order chi connectivity index (χ0) is 14.6. The molecule has 0 atom stereocenters. The molecule has 2 rings (SSSR count). The molecule has 0 fully saturated rings. The van der Waals surface area contributed by atoms with Crippen molar-refractivity contribution in [1.82, 2.24) is 25.1 Å². The summed E-state index contributed by atoms with van der Waals surface area (Å²) in [5.74, 6) is 0.543. The van der Waals surface area contributed by atoms with E-state index in [0.29, 0.717) is 11.5 Å². The van der Waals surface area contributed by atoms with E-state index in [1.165, 1.54) is 6.33 Å². The number of hydrogen-bond donors (Lipinski definition) is 2. The Hall–Kier alpha value is -2.28. The van der Waals surface area contributed by atoms with Gasteiger partial charge in [-0.05, 0) is 32.5 Å². The normalized spacial score (nSPS) is 11.3. The molecule has 7 heteroatoms. The lowest BCUT2D eigenvalue weighted by Gasteiger charge is -2.24. The maximum atomic E-state index is 12.1. The van der Waals surface area contributed by atoms with Crippen molar-refractivity contribution in [3.63, 3.8) is 0 Å². The predicted octanol–water partition coefficient (Wildman–Crippen LogP) is 0.989. The van der Waals surface area contributed by atoms with E-state index in [2.05, 4.69) is 25.7 Å². The lowest BCUT2D eigenvalue weighted by molar-refractivity contribution is -0.121. The molecule has 20 heavy (non-hydrogen) atoms. The second kappa shape index (κ2) is 5.79. The number of nitrogens with one attached hydrogen (secondary N) is 2. The fraction of sp³-hybridized carbons (Fsp3) is 0.385. The molecule has 0 saturated carbocycles. The molecule has 0 unspecified atom stereocenters. The van der Waals surface area contributed by atoms with Gasteiger partial charge in [-0.2, -0.15) is 5.10 Å². The van der Waals surface area contributed by atoms with Gasteiger partial charge in [-0.25, -0.2) is 14.6 Å². The van der Waals surface area contributed by atoms with Crippen LogP contribution in [0.25, 0.3) is 5.82 Å². The van der Waals surface area contributed by atoms with Crippen molar-refractivity contribution < 1.29 is 4.79 Å². The van der Waals surface area contributed by atoms with E-state index in [1.807, 2.05) is 20.8 Å². The zero-order valence-corrected chi connectivity index (χ0v) is 11.8. The first kappa shape index (κ1) is 14.1. The maximum absolute atomic E-state index is 12.1. The Morgan fingerprint density at radius 3 is 2.75 bits per heavy atom. The zero-order valence-electron chi connectivity index (χ0n) is 11.8. The van der Waals surface area contributed by atoms with Crippen molar-refractivity contribution in [2.45, 2.75) is 26.3 Å². The molecule has 0 aliphatic heterocycles. The number of anilines is 1. The SMILES string of the molecule is CCNC(C)(C)C(=O)Nc1ccc(-n2cncn2)nc1. The molecule has 0 aliphatic carbocycles. The highest BCUT2D eigenvalue weighted by Gasteiger charge is 2.26. The summed E-state index contributed by atoms with van der Waals surface area (Å²) < 4.78 is 1.55. The summed E-state index contributed by atoms with van der Waals surface area (Å²) in [5, 5.41) is 9.94. The van der Waals surface area contributed by atoms with E-state index in [0.717, 1.165) is 6.54 Å². The lowest BCUT2D eigenvalue weighted by atomic mass is 10.0. The smallest absolute Gasteiger partial charge is 0.244 e. The van der Waals surface area contributed by atoms with Gasteiger partial charge < -0.3 is 10.6 Å². The van der Waals surface area contributed by atoms with Crippen molar-refractivity contribution in [2.75, 3.05) is 11.9 Å². The number of carbonyl (C=O) groups is 1. The van der Waals surface area contributed by atoms with Gasteiger partial charge in [0.25, 0.3) is 0 Å². The molecule has 0 aliphatic rings. The molecule has 7 nitrogen and oxygen atoms in total. The lowest BCUT2D eigenvalue weighted by Crippen LogP contribution is -2.49. The molecule has 106 valence electrons. The van der Waals surface area contributed by atoms with Gasteiger partial charge >= 0.3 is 0 Å². The number of rotatable bonds is 5. The Bertz CT molecular complexity index is 561. The van der Waals surface area contributed by atoms with Gasteiger partial charge in [-0.3, -0.25) is 4.79 Å². The van der Waals surface area contributed by atoms with Crippen LogP contribution in [0, 0.1) is 0 Å². The van der Waals surface area contributed by atoms with E-state index in [9.17, 15) is 4.79 Å². The highest BCUT2D eigenvalue weighted by Crippen LogP contribution is 2.11. The first-order valence-corrected chi connectivity index (χ1v) is 6.40. The monoisotopic (exact) mass is 274 g/mol. The summed E-state index contributed by atoms with van der Waals surface area (Å²) in [5.41, 5.74) is 0.0177. The second-order valence-corrected chi connectivity index (χ2v) is 4.85. The molecule has 1 amide bonds. The van der Waals surface area contributed by atoms with Crippen LogP contribution in [0.5, 0.6) is 0 Å². The Balaban J connectivity index is 2.06. The third-order valence-corrected chi connectivity index (χ3v) is 2.85. The van der Waals surface area contributed by atoms with E-state index in [1.54, 1.807) is 29.3 Å². The van der Waals surface area contributed by atoms with Crippen molar-refractivity contribution in [3.05, 3.63) is 31.0 Å². The molecule has 2 N–H and O–H groups in total. The Morgan fingerprint density at radius 1 is 1.40 bits per heavy atom. The first-order valence-electron chi connectivity index (χ1n) is 6.40. The largest absolute Gasteiger partial charge is 0.323 e. The fourth-order valence-electron chi connectivity index (χ4n) is 1.73. The van der Waals surface area contributed by atoms with Gasteiger partial charge in [-0.15, -0.1) is 0 Å². The number of pyridine rings is 1. The van der Waals surface area contributed by atoms with Gasteiger partial charge in [0.05, 0.1) is 17.4 Å². The second-order valence-electron chi connectivity index (χ2n) is 4.85. The quantitative estimate of drug-likeness (QED) is 0.849. The van der Waals surface area contributed by atoms with Crippen molar-refractivity contribution in [1.29, 1.82) is 0 Å².